The standard InChI is InChI=1S/C23H30O5Si/c1-23(2,3)29(16-11-7-5-8-12-16,17-13-9-6-10-14-17)28-20-19-18(15-26-21(19)24)27-22(20)25-4/h5-14,18-22,24H,15H2,1-4H3/t18-,19-,20-,21-,22+/m1/s1. The van der Waals surface area contributed by atoms with Crippen LogP contribution in [0.4, 0.5) is 0 Å². The van der Waals surface area contributed by atoms with Crippen molar-refractivity contribution in [2.75, 3.05) is 13.7 Å². The van der Waals surface area contributed by atoms with E-state index in [-0.39, 0.29) is 17.1 Å². The Labute approximate surface area is 173 Å². The van der Waals surface area contributed by atoms with Crippen LogP contribution in [0.1, 0.15) is 20.8 Å². The second kappa shape index (κ2) is 7.94. The van der Waals surface area contributed by atoms with Gasteiger partial charge in [-0.15, -0.1) is 0 Å². The van der Waals surface area contributed by atoms with Gasteiger partial charge in [-0.3, -0.25) is 0 Å². The predicted molar refractivity (Wildman–Crippen MR) is 114 cm³/mol. The number of methoxy groups -OCH3 is 1. The molecule has 2 heterocycles. The number of ether oxygens (including phenoxy) is 3. The van der Waals surface area contributed by atoms with Gasteiger partial charge in [-0.05, 0) is 15.4 Å². The first-order chi connectivity index (χ1) is 13.9. The molecule has 0 radical (unpaired) electrons. The van der Waals surface area contributed by atoms with Gasteiger partial charge in [0, 0.05) is 7.11 Å². The molecule has 0 unspecified atom stereocenters. The summed E-state index contributed by atoms with van der Waals surface area (Å²) in [6.45, 7) is 7.05. The van der Waals surface area contributed by atoms with E-state index in [9.17, 15) is 5.11 Å². The minimum Gasteiger partial charge on any atom is -0.399 e. The predicted octanol–water partition coefficient (Wildman–Crippen LogP) is 2.27. The molecule has 6 heteroatoms. The molecule has 29 heavy (non-hydrogen) atoms. The molecule has 0 amide bonds. The Balaban J connectivity index is 1.86. The molecule has 2 aliphatic rings. The van der Waals surface area contributed by atoms with Gasteiger partial charge >= 0.3 is 0 Å². The Kier molecular flexibility index (Phi) is 5.68. The second-order valence-electron chi connectivity index (χ2n) is 8.83. The first kappa shape index (κ1) is 20.7. The lowest BCUT2D eigenvalue weighted by Gasteiger charge is -2.45. The summed E-state index contributed by atoms with van der Waals surface area (Å²) in [6, 6.07) is 20.9. The van der Waals surface area contributed by atoms with Crippen molar-refractivity contribution in [1.29, 1.82) is 0 Å². The fourth-order valence-electron chi connectivity index (χ4n) is 4.75. The lowest BCUT2D eigenvalue weighted by molar-refractivity contribution is -0.172. The quantitative estimate of drug-likeness (QED) is 0.761. The summed E-state index contributed by atoms with van der Waals surface area (Å²) in [6.07, 6.45) is -2.10. The maximum absolute atomic E-state index is 10.5. The summed E-state index contributed by atoms with van der Waals surface area (Å²) in [5.74, 6) is -0.276. The van der Waals surface area contributed by atoms with E-state index in [1.165, 1.54) is 10.4 Å². The first-order valence-electron chi connectivity index (χ1n) is 10.2. The van der Waals surface area contributed by atoms with Crippen molar-refractivity contribution >= 4 is 18.7 Å². The summed E-state index contributed by atoms with van der Waals surface area (Å²) in [5.41, 5.74) is 0. The summed E-state index contributed by atoms with van der Waals surface area (Å²) in [5, 5.41) is 12.7. The average molecular weight is 415 g/mol. The van der Waals surface area contributed by atoms with E-state index in [1.54, 1.807) is 7.11 Å². The van der Waals surface area contributed by atoms with Crippen LogP contribution in [0.2, 0.25) is 5.04 Å². The maximum atomic E-state index is 10.5. The molecular weight excluding hydrogens is 384 g/mol. The molecule has 156 valence electrons. The molecule has 0 aliphatic carbocycles. The molecule has 2 aromatic carbocycles. The van der Waals surface area contributed by atoms with E-state index in [4.69, 9.17) is 18.6 Å². The molecule has 5 atom stereocenters. The summed E-state index contributed by atoms with van der Waals surface area (Å²) in [7, 11) is -1.16. The number of aliphatic hydroxyl groups is 1. The van der Waals surface area contributed by atoms with Crippen LogP contribution in [0.5, 0.6) is 0 Å². The van der Waals surface area contributed by atoms with Gasteiger partial charge in [0.15, 0.2) is 12.6 Å². The Morgan fingerprint density at radius 2 is 1.52 bits per heavy atom. The number of aliphatic hydroxyl groups excluding tert-OH is 1. The third-order valence-electron chi connectivity index (χ3n) is 6.11. The molecule has 2 saturated heterocycles. The molecule has 5 nitrogen and oxygen atoms in total. The van der Waals surface area contributed by atoms with Crippen molar-refractivity contribution in [3.05, 3.63) is 60.7 Å². The molecule has 4 rings (SSSR count). The normalized spacial score (nSPS) is 29.8. The number of benzene rings is 2. The average Bonchev–Trinajstić information content (AvgIpc) is 3.25. The number of fused-ring (bicyclic) bond motifs is 1. The van der Waals surface area contributed by atoms with Gasteiger partial charge in [-0.2, -0.15) is 0 Å². The van der Waals surface area contributed by atoms with Crippen molar-refractivity contribution in [3.8, 4) is 0 Å². The van der Waals surface area contributed by atoms with Crippen molar-refractivity contribution in [1.82, 2.24) is 0 Å². The van der Waals surface area contributed by atoms with Gasteiger partial charge in [0.25, 0.3) is 8.32 Å². The second-order valence-corrected chi connectivity index (χ2v) is 13.1. The molecule has 0 spiro atoms. The van der Waals surface area contributed by atoms with Crippen LogP contribution in [0.3, 0.4) is 0 Å². The third kappa shape index (κ3) is 3.48. The lowest BCUT2D eigenvalue weighted by atomic mass is 10.0. The van der Waals surface area contributed by atoms with Gasteiger partial charge < -0.3 is 23.7 Å². The molecule has 1 N–H and O–H groups in total. The summed E-state index contributed by atoms with van der Waals surface area (Å²) in [4.78, 5) is 0. The Morgan fingerprint density at radius 1 is 0.966 bits per heavy atom. The van der Waals surface area contributed by atoms with E-state index >= 15 is 0 Å². The van der Waals surface area contributed by atoms with Crippen LogP contribution in [-0.2, 0) is 18.6 Å². The minimum atomic E-state index is -2.79. The van der Waals surface area contributed by atoms with Crippen molar-refractivity contribution in [2.45, 2.75) is 50.6 Å². The summed E-state index contributed by atoms with van der Waals surface area (Å²) < 4.78 is 24.3. The Morgan fingerprint density at radius 3 is 2.00 bits per heavy atom. The van der Waals surface area contributed by atoms with Gasteiger partial charge in [-0.25, -0.2) is 0 Å². The van der Waals surface area contributed by atoms with Crippen LogP contribution in [-0.4, -0.2) is 51.9 Å². The highest BCUT2D eigenvalue weighted by atomic mass is 28.4. The zero-order chi connectivity index (χ0) is 20.6. The first-order valence-corrected chi connectivity index (χ1v) is 12.1. The van der Waals surface area contributed by atoms with E-state index in [1.807, 2.05) is 12.1 Å². The molecule has 0 saturated carbocycles. The van der Waals surface area contributed by atoms with Gasteiger partial charge in [0.2, 0.25) is 0 Å². The fraction of sp³-hybridized carbons (Fsp3) is 0.478. The van der Waals surface area contributed by atoms with E-state index in [0.29, 0.717) is 6.61 Å². The molecule has 0 aromatic heterocycles. The molecular formula is C23H30O5Si. The number of hydrogen-bond acceptors (Lipinski definition) is 5. The molecule has 2 fully saturated rings. The van der Waals surface area contributed by atoms with Gasteiger partial charge in [0.05, 0.1) is 18.6 Å². The Hall–Kier alpha value is -1.54. The zero-order valence-corrected chi connectivity index (χ0v) is 18.4. The molecule has 2 aromatic rings. The van der Waals surface area contributed by atoms with Gasteiger partial charge in [0.1, 0.15) is 6.10 Å². The fourth-order valence-corrected chi connectivity index (χ4v) is 9.44. The molecule has 0 bridgehead atoms. The van der Waals surface area contributed by atoms with E-state index in [2.05, 4.69) is 69.3 Å². The lowest BCUT2D eigenvalue weighted by Crippen LogP contribution is -2.69. The van der Waals surface area contributed by atoms with Crippen molar-refractivity contribution in [3.63, 3.8) is 0 Å². The number of hydrogen-bond donors (Lipinski definition) is 1. The van der Waals surface area contributed by atoms with Crippen LogP contribution in [0.25, 0.3) is 0 Å². The highest BCUT2D eigenvalue weighted by molar-refractivity contribution is 6.99. The molecule has 2 aliphatic heterocycles. The largest absolute Gasteiger partial charge is 0.399 e. The van der Waals surface area contributed by atoms with Crippen molar-refractivity contribution in [2.24, 2.45) is 5.92 Å². The van der Waals surface area contributed by atoms with E-state index < -0.39 is 27.0 Å². The highest BCUT2D eigenvalue weighted by Crippen LogP contribution is 2.43. The van der Waals surface area contributed by atoms with Gasteiger partial charge in [-0.1, -0.05) is 81.4 Å². The third-order valence-corrected chi connectivity index (χ3v) is 11.1. The SMILES string of the molecule is CO[C@H]1O[C@@H]2CO[C@@H](O)[C@H]2[C@H]1O[Si](c1ccccc1)(c1ccccc1)C(C)(C)C. The topological polar surface area (TPSA) is 57.2 Å². The van der Waals surface area contributed by atoms with Crippen molar-refractivity contribution < 1.29 is 23.7 Å². The monoisotopic (exact) mass is 414 g/mol. The highest BCUT2D eigenvalue weighted by Gasteiger charge is 2.59. The van der Waals surface area contributed by atoms with E-state index in [0.717, 1.165) is 0 Å². The Bertz CT molecular complexity index is 768. The van der Waals surface area contributed by atoms with Crippen LogP contribution < -0.4 is 10.4 Å². The van der Waals surface area contributed by atoms with Crippen LogP contribution in [0.15, 0.2) is 60.7 Å². The van der Waals surface area contributed by atoms with Crippen LogP contribution in [0, 0.1) is 5.92 Å². The minimum absolute atomic E-state index is 0.170. The zero-order valence-electron chi connectivity index (χ0n) is 17.4. The van der Waals surface area contributed by atoms with Crippen LogP contribution >= 0.6 is 0 Å². The smallest absolute Gasteiger partial charge is 0.261 e. The summed E-state index contributed by atoms with van der Waals surface area (Å²) >= 11 is 0. The maximum Gasteiger partial charge on any atom is 0.261 e. The number of rotatable bonds is 5.